The van der Waals surface area contributed by atoms with Gasteiger partial charge in [-0.1, -0.05) is 13.8 Å². The average Bonchev–Trinajstić information content (AvgIpc) is 2.81. The maximum absolute atomic E-state index is 11.8. The van der Waals surface area contributed by atoms with Crippen LogP contribution in [0.1, 0.15) is 25.6 Å². The van der Waals surface area contributed by atoms with Crippen LogP contribution in [0.15, 0.2) is 18.2 Å². The summed E-state index contributed by atoms with van der Waals surface area (Å²) < 4.78 is 0. The summed E-state index contributed by atoms with van der Waals surface area (Å²) in [5, 5.41) is 2.86. The molecule has 0 bridgehead atoms. The quantitative estimate of drug-likeness (QED) is 0.882. The van der Waals surface area contributed by atoms with E-state index in [9.17, 15) is 4.79 Å². The van der Waals surface area contributed by atoms with Gasteiger partial charge in [0.1, 0.15) is 5.82 Å². The summed E-state index contributed by atoms with van der Waals surface area (Å²) >= 11 is 0. The second kappa shape index (κ2) is 5.40. The molecule has 0 aliphatic rings. The van der Waals surface area contributed by atoms with E-state index < -0.39 is 0 Å². The van der Waals surface area contributed by atoms with Crippen LogP contribution in [0, 0.1) is 0 Å². The molecule has 0 aliphatic carbocycles. The Labute approximate surface area is 113 Å². The number of aromatic nitrogens is 2. The average molecular weight is 260 g/mol. The zero-order chi connectivity index (χ0) is 14.0. The Kier molecular flexibility index (Phi) is 3.85. The monoisotopic (exact) mass is 260 g/mol. The summed E-state index contributed by atoms with van der Waals surface area (Å²) in [4.78, 5) is 21.3. The smallest absolute Gasteiger partial charge is 0.240 e. The van der Waals surface area contributed by atoms with E-state index in [0.29, 0.717) is 12.5 Å². The van der Waals surface area contributed by atoms with Gasteiger partial charge in [-0.15, -0.1) is 0 Å². The van der Waals surface area contributed by atoms with E-state index in [1.165, 1.54) is 0 Å². The third-order valence-corrected chi connectivity index (χ3v) is 3.12. The van der Waals surface area contributed by atoms with E-state index in [4.69, 9.17) is 0 Å². The number of rotatable bonds is 4. The highest BCUT2D eigenvalue weighted by atomic mass is 16.2. The van der Waals surface area contributed by atoms with Crippen molar-refractivity contribution in [1.29, 1.82) is 0 Å². The van der Waals surface area contributed by atoms with Crippen LogP contribution < -0.4 is 10.2 Å². The first kappa shape index (κ1) is 13.5. The number of amides is 1. The lowest BCUT2D eigenvalue weighted by atomic mass is 10.2. The number of benzene rings is 1. The van der Waals surface area contributed by atoms with Gasteiger partial charge in [-0.3, -0.25) is 4.79 Å². The van der Waals surface area contributed by atoms with E-state index in [-0.39, 0.29) is 5.91 Å². The molecule has 1 amide bonds. The predicted molar refractivity (Wildman–Crippen MR) is 77.5 cm³/mol. The molecule has 0 aliphatic heterocycles. The Bertz CT molecular complexity index is 588. The maximum Gasteiger partial charge on any atom is 0.240 e. The van der Waals surface area contributed by atoms with Gasteiger partial charge in [-0.2, -0.15) is 0 Å². The largest absolute Gasteiger partial charge is 0.342 e. The van der Waals surface area contributed by atoms with Crippen LogP contribution in [0.4, 0.5) is 5.69 Å². The van der Waals surface area contributed by atoms with Crippen molar-refractivity contribution < 1.29 is 4.79 Å². The molecule has 0 saturated heterocycles. The van der Waals surface area contributed by atoms with Gasteiger partial charge in [0.05, 0.1) is 17.6 Å². The molecule has 2 aromatic rings. The Morgan fingerprint density at radius 2 is 2.21 bits per heavy atom. The highest BCUT2D eigenvalue weighted by Gasteiger charge is 2.12. The van der Waals surface area contributed by atoms with Crippen molar-refractivity contribution in [2.24, 2.45) is 0 Å². The molecule has 102 valence electrons. The molecular weight excluding hydrogens is 240 g/mol. The van der Waals surface area contributed by atoms with Crippen LogP contribution in [0.5, 0.6) is 0 Å². The van der Waals surface area contributed by atoms with Crippen molar-refractivity contribution in [3.8, 4) is 0 Å². The van der Waals surface area contributed by atoms with E-state index in [1.807, 2.05) is 18.2 Å². The van der Waals surface area contributed by atoms with Gasteiger partial charge >= 0.3 is 0 Å². The lowest BCUT2D eigenvalue weighted by Crippen LogP contribution is -2.34. The first-order valence-electron chi connectivity index (χ1n) is 6.43. The predicted octanol–water partition coefficient (Wildman–Crippen LogP) is 1.87. The summed E-state index contributed by atoms with van der Waals surface area (Å²) in [6.45, 7) is 4.52. The van der Waals surface area contributed by atoms with Gasteiger partial charge in [0.25, 0.3) is 0 Å². The minimum atomic E-state index is 0.0328. The van der Waals surface area contributed by atoms with Crippen molar-refractivity contribution in [1.82, 2.24) is 15.3 Å². The number of nitrogens with one attached hydrogen (secondary N) is 2. The summed E-state index contributed by atoms with van der Waals surface area (Å²) in [6.07, 6.45) is 0. The van der Waals surface area contributed by atoms with E-state index in [2.05, 4.69) is 29.1 Å². The fraction of sp³-hybridized carbons (Fsp3) is 0.429. The molecule has 0 fully saturated rings. The lowest BCUT2D eigenvalue weighted by molar-refractivity contribution is -0.117. The lowest BCUT2D eigenvalue weighted by Gasteiger charge is -2.16. The minimum Gasteiger partial charge on any atom is -0.342 e. The number of H-pyrrole nitrogens is 1. The second-order valence-electron chi connectivity index (χ2n) is 4.96. The van der Waals surface area contributed by atoms with Gasteiger partial charge in [0, 0.05) is 18.7 Å². The molecule has 1 aromatic heterocycles. The summed E-state index contributed by atoms with van der Waals surface area (Å²) in [5.41, 5.74) is 2.76. The highest BCUT2D eigenvalue weighted by Crippen LogP contribution is 2.22. The molecule has 1 heterocycles. The van der Waals surface area contributed by atoms with Gasteiger partial charge in [-0.05, 0) is 25.2 Å². The number of carbonyl (C=O) groups excluding carboxylic acids is 1. The van der Waals surface area contributed by atoms with Crippen LogP contribution >= 0.6 is 0 Å². The van der Waals surface area contributed by atoms with Crippen molar-refractivity contribution in [2.45, 2.75) is 19.8 Å². The number of anilines is 1. The first-order chi connectivity index (χ1) is 9.02. The van der Waals surface area contributed by atoms with Crippen molar-refractivity contribution in [3.05, 3.63) is 24.0 Å². The molecule has 2 N–H and O–H groups in total. The van der Waals surface area contributed by atoms with Crippen LogP contribution in [-0.2, 0) is 4.79 Å². The van der Waals surface area contributed by atoms with E-state index in [1.54, 1.807) is 19.0 Å². The Morgan fingerprint density at radius 1 is 1.47 bits per heavy atom. The number of imidazole rings is 1. The van der Waals surface area contributed by atoms with Crippen molar-refractivity contribution in [3.63, 3.8) is 0 Å². The van der Waals surface area contributed by atoms with Gasteiger partial charge in [0.2, 0.25) is 5.91 Å². The molecule has 0 atom stereocenters. The highest BCUT2D eigenvalue weighted by molar-refractivity contribution is 5.96. The zero-order valence-corrected chi connectivity index (χ0v) is 11.8. The number of nitrogens with zero attached hydrogens (tertiary/aromatic N) is 2. The number of hydrogen-bond donors (Lipinski definition) is 2. The molecule has 19 heavy (non-hydrogen) atoms. The molecule has 0 spiro atoms. The fourth-order valence-electron chi connectivity index (χ4n) is 1.91. The minimum absolute atomic E-state index is 0.0328. The number of aromatic amines is 1. The topological polar surface area (TPSA) is 61.0 Å². The molecule has 2 rings (SSSR count). The second-order valence-corrected chi connectivity index (χ2v) is 4.96. The third-order valence-electron chi connectivity index (χ3n) is 3.12. The van der Waals surface area contributed by atoms with Gasteiger partial charge in [-0.25, -0.2) is 4.98 Å². The molecule has 0 unspecified atom stereocenters. The Balaban J connectivity index is 2.33. The Hall–Kier alpha value is -1.88. The van der Waals surface area contributed by atoms with Gasteiger partial charge < -0.3 is 15.2 Å². The maximum atomic E-state index is 11.8. The molecule has 5 nitrogen and oxygen atoms in total. The summed E-state index contributed by atoms with van der Waals surface area (Å²) in [5.74, 6) is 1.36. The molecular formula is C14H20N4O. The fourth-order valence-corrected chi connectivity index (χ4v) is 1.91. The number of fused-ring (bicyclic) bond motifs is 1. The van der Waals surface area contributed by atoms with Crippen LogP contribution in [0.3, 0.4) is 0 Å². The normalized spacial score (nSPS) is 11.2. The van der Waals surface area contributed by atoms with E-state index >= 15 is 0 Å². The standard InChI is InChI=1S/C14H20N4O/c1-9(2)14-16-11-6-5-10(7-12(11)17-14)18(4)13(19)8-15-3/h5-7,9,15H,8H2,1-4H3,(H,16,17). The number of likely N-dealkylation sites (N-methyl/N-ethyl adjacent to an activating group) is 2. The van der Waals surface area contributed by atoms with Crippen LogP contribution in [0.25, 0.3) is 11.0 Å². The Morgan fingerprint density at radius 3 is 2.84 bits per heavy atom. The molecule has 5 heteroatoms. The molecule has 0 radical (unpaired) electrons. The van der Waals surface area contributed by atoms with Crippen molar-refractivity contribution in [2.75, 3.05) is 25.5 Å². The molecule has 0 saturated carbocycles. The van der Waals surface area contributed by atoms with Crippen LogP contribution in [0.2, 0.25) is 0 Å². The zero-order valence-electron chi connectivity index (χ0n) is 11.8. The molecule has 1 aromatic carbocycles. The number of carbonyl (C=O) groups is 1. The van der Waals surface area contributed by atoms with E-state index in [0.717, 1.165) is 22.5 Å². The third kappa shape index (κ3) is 2.76. The van der Waals surface area contributed by atoms with Crippen LogP contribution in [-0.4, -0.2) is 36.5 Å². The van der Waals surface area contributed by atoms with Crippen molar-refractivity contribution >= 4 is 22.6 Å². The number of hydrogen-bond acceptors (Lipinski definition) is 3. The SMILES string of the molecule is CNCC(=O)N(C)c1ccc2nc(C(C)C)[nH]c2c1. The first-order valence-corrected chi connectivity index (χ1v) is 6.43. The summed E-state index contributed by atoms with van der Waals surface area (Å²) in [6, 6.07) is 5.82. The van der Waals surface area contributed by atoms with Gasteiger partial charge in [0.15, 0.2) is 0 Å². The summed E-state index contributed by atoms with van der Waals surface area (Å²) in [7, 11) is 3.54.